The Hall–Kier alpha value is -0.700. The van der Waals surface area contributed by atoms with Gasteiger partial charge in [0.25, 0.3) is 0 Å². The molecular formula is C8H17N3. The predicted molar refractivity (Wildman–Crippen MR) is 46.2 cm³/mol. The summed E-state index contributed by atoms with van der Waals surface area (Å²) in [6.07, 6.45) is 4.26. The van der Waals surface area contributed by atoms with Crippen LogP contribution in [0.3, 0.4) is 0 Å². The van der Waals surface area contributed by atoms with Crippen LogP contribution in [0.4, 0.5) is 0 Å². The second-order valence-electron chi connectivity index (χ2n) is 3.46. The topological polar surface area (TPSA) is 55.3 Å². The van der Waals surface area contributed by atoms with Crippen molar-refractivity contribution >= 4 is 0 Å². The van der Waals surface area contributed by atoms with Crippen LogP contribution in [-0.4, -0.2) is 11.1 Å². The van der Waals surface area contributed by atoms with Crippen molar-refractivity contribution in [1.82, 2.24) is 5.01 Å². The van der Waals surface area contributed by atoms with Gasteiger partial charge in [-0.15, -0.1) is 0 Å². The number of rotatable bonds is 3. The third-order valence-electron chi connectivity index (χ3n) is 1.93. The minimum Gasteiger partial charge on any atom is -0.401 e. The fourth-order valence-electron chi connectivity index (χ4n) is 0.799. The second kappa shape index (κ2) is 3.13. The number of hydrogen-bond donors (Lipinski definition) is 2. The van der Waals surface area contributed by atoms with Crippen molar-refractivity contribution in [2.24, 2.45) is 17.5 Å². The molecule has 0 aliphatic heterocycles. The van der Waals surface area contributed by atoms with E-state index in [9.17, 15) is 0 Å². The van der Waals surface area contributed by atoms with Crippen LogP contribution in [0.25, 0.3) is 0 Å². The molecule has 0 atom stereocenters. The summed E-state index contributed by atoms with van der Waals surface area (Å²) < 4.78 is 0. The van der Waals surface area contributed by atoms with Crippen molar-refractivity contribution in [2.75, 3.05) is 0 Å². The average molecular weight is 155 g/mol. The molecule has 0 unspecified atom stereocenters. The molecule has 1 rings (SSSR count). The maximum Gasteiger partial charge on any atom is 0.0448 e. The number of hydrazine groups is 1. The van der Waals surface area contributed by atoms with E-state index in [1.54, 1.807) is 5.01 Å². The molecule has 1 saturated carbocycles. The molecule has 64 valence electrons. The van der Waals surface area contributed by atoms with Crippen LogP contribution < -0.4 is 11.6 Å². The molecule has 0 bridgehead atoms. The van der Waals surface area contributed by atoms with E-state index in [1.165, 1.54) is 12.8 Å². The van der Waals surface area contributed by atoms with Gasteiger partial charge < -0.3 is 10.7 Å². The molecule has 0 saturated heterocycles. The first-order valence-electron chi connectivity index (χ1n) is 4.11. The van der Waals surface area contributed by atoms with Gasteiger partial charge in [-0.3, -0.25) is 0 Å². The van der Waals surface area contributed by atoms with Gasteiger partial charge in [-0.25, -0.2) is 5.84 Å². The third-order valence-corrected chi connectivity index (χ3v) is 1.93. The van der Waals surface area contributed by atoms with Crippen molar-refractivity contribution in [3.8, 4) is 0 Å². The van der Waals surface area contributed by atoms with Gasteiger partial charge in [-0.05, 0) is 18.8 Å². The molecule has 0 radical (unpaired) electrons. The fraction of sp³-hybridized carbons (Fsp3) is 0.750. The monoisotopic (exact) mass is 155 g/mol. The summed E-state index contributed by atoms with van der Waals surface area (Å²) in [6, 6.07) is 0.548. The van der Waals surface area contributed by atoms with Crippen LogP contribution in [0.2, 0.25) is 0 Å². The van der Waals surface area contributed by atoms with E-state index >= 15 is 0 Å². The average Bonchev–Trinajstić information content (AvgIpc) is 2.67. The Morgan fingerprint density at radius 3 is 2.45 bits per heavy atom. The Morgan fingerprint density at radius 1 is 1.55 bits per heavy atom. The van der Waals surface area contributed by atoms with Gasteiger partial charge in [-0.2, -0.15) is 0 Å². The van der Waals surface area contributed by atoms with Crippen molar-refractivity contribution < 1.29 is 0 Å². The van der Waals surface area contributed by atoms with Gasteiger partial charge >= 0.3 is 0 Å². The maximum absolute atomic E-state index is 5.72. The summed E-state index contributed by atoms with van der Waals surface area (Å²) in [4.78, 5) is 0. The molecule has 4 N–H and O–H groups in total. The highest BCUT2D eigenvalue weighted by Gasteiger charge is 2.25. The molecule has 1 aliphatic carbocycles. The molecule has 0 aromatic carbocycles. The van der Waals surface area contributed by atoms with E-state index in [0.29, 0.717) is 12.0 Å². The zero-order valence-electron chi connectivity index (χ0n) is 7.25. The second-order valence-corrected chi connectivity index (χ2v) is 3.46. The zero-order valence-corrected chi connectivity index (χ0v) is 7.25. The lowest BCUT2D eigenvalue weighted by molar-refractivity contribution is 0.376. The Morgan fingerprint density at radius 2 is 2.09 bits per heavy atom. The molecule has 3 heteroatoms. The molecule has 3 nitrogen and oxygen atoms in total. The number of nitrogens with zero attached hydrogens (tertiary/aromatic N) is 1. The van der Waals surface area contributed by atoms with Crippen LogP contribution in [0.15, 0.2) is 11.9 Å². The molecule has 1 fully saturated rings. The fourth-order valence-corrected chi connectivity index (χ4v) is 0.799. The normalized spacial score (nSPS) is 19.1. The van der Waals surface area contributed by atoms with Gasteiger partial charge in [-0.1, -0.05) is 13.8 Å². The smallest absolute Gasteiger partial charge is 0.0448 e. The van der Waals surface area contributed by atoms with Crippen LogP contribution in [-0.2, 0) is 0 Å². The van der Waals surface area contributed by atoms with Crippen molar-refractivity contribution in [3.63, 3.8) is 0 Å². The van der Waals surface area contributed by atoms with Crippen LogP contribution >= 0.6 is 0 Å². The van der Waals surface area contributed by atoms with Crippen molar-refractivity contribution in [2.45, 2.75) is 32.7 Å². The number of nitrogens with two attached hydrogens (primary N) is 2. The van der Waals surface area contributed by atoms with Gasteiger partial charge in [0.1, 0.15) is 0 Å². The lowest BCUT2D eigenvalue weighted by Gasteiger charge is -2.14. The third kappa shape index (κ3) is 2.42. The SMILES string of the molecule is CC(C)/C(N)=C/N(N)C1CC1. The van der Waals surface area contributed by atoms with Gasteiger partial charge in [0.05, 0.1) is 0 Å². The van der Waals surface area contributed by atoms with Crippen LogP contribution in [0.1, 0.15) is 26.7 Å². The van der Waals surface area contributed by atoms with Gasteiger partial charge in [0.15, 0.2) is 0 Å². The van der Waals surface area contributed by atoms with E-state index in [0.717, 1.165) is 5.70 Å². The van der Waals surface area contributed by atoms with E-state index in [1.807, 2.05) is 6.20 Å². The summed E-state index contributed by atoms with van der Waals surface area (Å²) in [5.41, 5.74) is 6.58. The Kier molecular flexibility index (Phi) is 2.39. The van der Waals surface area contributed by atoms with E-state index in [-0.39, 0.29) is 0 Å². The molecule has 0 amide bonds. The predicted octanol–water partition coefficient (Wildman–Crippen LogP) is 0.781. The Balaban J connectivity index is 2.41. The first-order valence-corrected chi connectivity index (χ1v) is 4.11. The number of allylic oxidation sites excluding steroid dienone is 1. The summed E-state index contributed by atoms with van der Waals surface area (Å²) >= 11 is 0. The minimum atomic E-state index is 0.389. The Labute approximate surface area is 68.0 Å². The highest BCUT2D eigenvalue weighted by atomic mass is 15.4. The van der Waals surface area contributed by atoms with Crippen molar-refractivity contribution in [1.29, 1.82) is 0 Å². The highest BCUT2D eigenvalue weighted by molar-refractivity contribution is 5.00. The lowest BCUT2D eigenvalue weighted by Crippen LogP contribution is -2.29. The molecule has 0 aromatic heterocycles. The molecule has 11 heavy (non-hydrogen) atoms. The summed E-state index contributed by atoms with van der Waals surface area (Å²) in [6.45, 7) is 4.12. The van der Waals surface area contributed by atoms with Crippen molar-refractivity contribution in [3.05, 3.63) is 11.9 Å². The lowest BCUT2D eigenvalue weighted by atomic mass is 10.1. The molecular weight excluding hydrogens is 138 g/mol. The van der Waals surface area contributed by atoms with Gasteiger partial charge in [0, 0.05) is 17.9 Å². The van der Waals surface area contributed by atoms with E-state index < -0.39 is 0 Å². The Bertz CT molecular complexity index is 159. The summed E-state index contributed by atoms with van der Waals surface area (Å²) in [5.74, 6) is 6.08. The molecule has 0 spiro atoms. The zero-order chi connectivity index (χ0) is 8.43. The van der Waals surface area contributed by atoms with E-state index in [4.69, 9.17) is 11.6 Å². The van der Waals surface area contributed by atoms with E-state index in [2.05, 4.69) is 13.8 Å². The molecule has 0 aromatic rings. The largest absolute Gasteiger partial charge is 0.401 e. The quantitative estimate of drug-likeness (QED) is 0.468. The van der Waals surface area contributed by atoms with Crippen LogP contribution in [0, 0.1) is 5.92 Å². The minimum absolute atomic E-state index is 0.389. The standard InChI is InChI=1S/C8H17N3/c1-6(2)8(9)5-11(10)7-3-4-7/h5-7H,3-4,9-10H2,1-2H3/b8-5-. The first-order chi connectivity index (χ1) is 5.11. The maximum atomic E-state index is 5.72. The first kappa shape index (κ1) is 8.40. The molecule has 1 aliphatic rings. The molecule has 0 heterocycles. The highest BCUT2D eigenvalue weighted by Crippen LogP contribution is 2.24. The van der Waals surface area contributed by atoms with Gasteiger partial charge in [0.2, 0.25) is 0 Å². The summed E-state index contributed by atoms with van der Waals surface area (Å²) in [5, 5.41) is 1.73. The number of hydrogen-bond acceptors (Lipinski definition) is 3. The summed E-state index contributed by atoms with van der Waals surface area (Å²) in [7, 11) is 0. The van der Waals surface area contributed by atoms with Crippen LogP contribution in [0.5, 0.6) is 0 Å².